The lowest BCUT2D eigenvalue weighted by Gasteiger charge is -2.09. The fourth-order valence-corrected chi connectivity index (χ4v) is 1.66. The predicted molar refractivity (Wildman–Crippen MR) is 74.7 cm³/mol. The summed E-state index contributed by atoms with van der Waals surface area (Å²) < 4.78 is 18.9. The molecule has 2 aromatic rings. The molecule has 0 unspecified atom stereocenters. The van der Waals surface area contributed by atoms with E-state index in [2.05, 4.69) is 5.32 Å². The van der Waals surface area contributed by atoms with Crippen LogP contribution in [0.2, 0.25) is 0 Å². The zero-order valence-electron chi connectivity index (χ0n) is 10.6. The van der Waals surface area contributed by atoms with Gasteiger partial charge in [0.2, 0.25) is 0 Å². The van der Waals surface area contributed by atoms with Gasteiger partial charge in [0.15, 0.2) is 0 Å². The summed E-state index contributed by atoms with van der Waals surface area (Å²) in [7, 11) is 0. The maximum absolute atomic E-state index is 13.4. The van der Waals surface area contributed by atoms with Crippen molar-refractivity contribution in [2.45, 2.75) is 6.61 Å². The SMILES string of the molecule is NCCNc1ccc(OCc2ccccc2F)cc1. The first-order valence-corrected chi connectivity index (χ1v) is 6.20. The molecule has 0 aromatic heterocycles. The number of halogens is 1. The molecule has 3 N–H and O–H groups in total. The Morgan fingerprint density at radius 1 is 1.05 bits per heavy atom. The normalized spacial score (nSPS) is 10.2. The Morgan fingerprint density at radius 3 is 2.47 bits per heavy atom. The smallest absolute Gasteiger partial charge is 0.129 e. The van der Waals surface area contributed by atoms with Gasteiger partial charge in [-0.3, -0.25) is 0 Å². The van der Waals surface area contributed by atoms with Crippen molar-refractivity contribution >= 4 is 5.69 Å². The molecule has 0 aliphatic rings. The lowest BCUT2D eigenvalue weighted by molar-refractivity contribution is 0.300. The molecule has 0 saturated heterocycles. The standard InChI is InChI=1S/C15H17FN2O/c16-15-4-2-1-3-12(15)11-19-14-7-5-13(6-8-14)18-10-9-17/h1-8,18H,9-11,17H2. The van der Waals surface area contributed by atoms with Crippen molar-refractivity contribution in [2.75, 3.05) is 18.4 Å². The third-order valence-corrected chi connectivity index (χ3v) is 2.68. The quantitative estimate of drug-likeness (QED) is 0.839. The summed E-state index contributed by atoms with van der Waals surface area (Å²) in [5, 5.41) is 3.16. The maximum Gasteiger partial charge on any atom is 0.129 e. The van der Waals surface area contributed by atoms with Crippen LogP contribution in [0, 0.1) is 5.82 Å². The van der Waals surface area contributed by atoms with Gasteiger partial charge in [-0.25, -0.2) is 4.39 Å². The molecule has 0 amide bonds. The minimum atomic E-state index is -0.247. The Morgan fingerprint density at radius 2 is 1.79 bits per heavy atom. The van der Waals surface area contributed by atoms with E-state index >= 15 is 0 Å². The summed E-state index contributed by atoms with van der Waals surface area (Å²) in [5.41, 5.74) is 6.95. The Balaban J connectivity index is 1.91. The van der Waals surface area contributed by atoms with Crippen molar-refractivity contribution in [1.82, 2.24) is 0 Å². The second kappa shape index (κ2) is 6.75. The molecule has 0 saturated carbocycles. The molecule has 0 fully saturated rings. The van der Waals surface area contributed by atoms with Gasteiger partial charge < -0.3 is 15.8 Å². The van der Waals surface area contributed by atoms with E-state index in [1.807, 2.05) is 24.3 Å². The molecule has 100 valence electrons. The molecular weight excluding hydrogens is 243 g/mol. The molecule has 19 heavy (non-hydrogen) atoms. The number of nitrogens with two attached hydrogens (primary N) is 1. The summed E-state index contributed by atoms with van der Waals surface area (Å²) in [6, 6.07) is 14.1. The summed E-state index contributed by atoms with van der Waals surface area (Å²) in [6.07, 6.45) is 0. The molecule has 0 atom stereocenters. The highest BCUT2D eigenvalue weighted by Crippen LogP contribution is 2.17. The van der Waals surface area contributed by atoms with E-state index in [9.17, 15) is 4.39 Å². The van der Waals surface area contributed by atoms with Crippen LogP contribution in [0.1, 0.15) is 5.56 Å². The van der Waals surface area contributed by atoms with Crippen LogP contribution in [-0.4, -0.2) is 13.1 Å². The number of anilines is 1. The number of rotatable bonds is 6. The van der Waals surface area contributed by atoms with Crippen LogP contribution in [0.4, 0.5) is 10.1 Å². The van der Waals surface area contributed by atoms with E-state index in [-0.39, 0.29) is 12.4 Å². The van der Waals surface area contributed by atoms with Crippen LogP contribution < -0.4 is 15.8 Å². The molecule has 0 bridgehead atoms. The van der Waals surface area contributed by atoms with E-state index < -0.39 is 0 Å². The minimum absolute atomic E-state index is 0.224. The zero-order valence-corrected chi connectivity index (χ0v) is 10.6. The summed E-state index contributed by atoms with van der Waals surface area (Å²) in [6.45, 7) is 1.54. The van der Waals surface area contributed by atoms with Gasteiger partial charge in [0.05, 0.1) is 0 Å². The highest BCUT2D eigenvalue weighted by molar-refractivity contribution is 5.46. The highest BCUT2D eigenvalue weighted by Gasteiger charge is 2.01. The van der Waals surface area contributed by atoms with Crippen molar-refractivity contribution < 1.29 is 9.13 Å². The summed E-state index contributed by atoms with van der Waals surface area (Å²) in [4.78, 5) is 0. The van der Waals surface area contributed by atoms with Gasteiger partial charge in [-0.2, -0.15) is 0 Å². The lowest BCUT2D eigenvalue weighted by Crippen LogP contribution is -2.12. The molecule has 0 aliphatic heterocycles. The van der Waals surface area contributed by atoms with Gasteiger partial charge in [-0.15, -0.1) is 0 Å². The summed E-state index contributed by atoms with van der Waals surface area (Å²) >= 11 is 0. The van der Waals surface area contributed by atoms with Gasteiger partial charge in [0.25, 0.3) is 0 Å². The monoisotopic (exact) mass is 260 g/mol. The number of benzene rings is 2. The molecule has 0 radical (unpaired) electrons. The Hall–Kier alpha value is -2.07. The summed E-state index contributed by atoms with van der Waals surface area (Å²) in [5.74, 6) is 0.463. The molecule has 0 aliphatic carbocycles. The molecule has 0 spiro atoms. The highest BCUT2D eigenvalue weighted by atomic mass is 19.1. The van der Waals surface area contributed by atoms with Crippen molar-refractivity contribution in [2.24, 2.45) is 5.73 Å². The average molecular weight is 260 g/mol. The van der Waals surface area contributed by atoms with Crippen LogP contribution in [0.15, 0.2) is 48.5 Å². The van der Waals surface area contributed by atoms with E-state index in [0.29, 0.717) is 17.9 Å². The second-order valence-corrected chi connectivity index (χ2v) is 4.12. The molecular formula is C15H17FN2O. The van der Waals surface area contributed by atoms with Crippen molar-refractivity contribution in [3.8, 4) is 5.75 Å². The molecule has 4 heteroatoms. The number of ether oxygens (including phenoxy) is 1. The predicted octanol–water partition coefficient (Wildman–Crippen LogP) is 2.78. The van der Waals surface area contributed by atoms with Crippen LogP contribution in [0.3, 0.4) is 0 Å². The fraction of sp³-hybridized carbons (Fsp3) is 0.200. The van der Waals surface area contributed by atoms with Crippen LogP contribution in [-0.2, 0) is 6.61 Å². The number of hydrogen-bond donors (Lipinski definition) is 2. The Kier molecular flexibility index (Phi) is 4.75. The van der Waals surface area contributed by atoms with Crippen molar-refractivity contribution in [1.29, 1.82) is 0 Å². The second-order valence-electron chi connectivity index (χ2n) is 4.12. The van der Waals surface area contributed by atoms with Gasteiger partial charge in [0.1, 0.15) is 18.2 Å². The van der Waals surface area contributed by atoms with Crippen molar-refractivity contribution in [3.05, 3.63) is 59.9 Å². The molecule has 2 rings (SSSR count). The van der Waals surface area contributed by atoms with Gasteiger partial charge in [-0.1, -0.05) is 18.2 Å². The lowest BCUT2D eigenvalue weighted by atomic mass is 10.2. The van der Waals surface area contributed by atoms with Gasteiger partial charge >= 0.3 is 0 Å². The molecule has 3 nitrogen and oxygen atoms in total. The zero-order chi connectivity index (χ0) is 13.5. The third kappa shape index (κ3) is 3.96. The van der Waals surface area contributed by atoms with Crippen LogP contribution in [0.5, 0.6) is 5.75 Å². The Labute approximate surface area is 112 Å². The van der Waals surface area contributed by atoms with Gasteiger partial charge in [-0.05, 0) is 30.3 Å². The first kappa shape index (κ1) is 13.4. The minimum Gasteiger partial charge on any atom is -0.489 e. The van der Waals surface area contributed by atoms with E-state index in [4.69, 9.17) is 10.5 Å². The molecule has 0 heterocycles. The average Bonchev–Trinajstić information content (AvgIpc) is 2.45. The van der Waals surface area contributed by atoms with E-state index in [1.54, 1.807) is 18.2 Å². The maximum atomic E-state index is 13.4. The van der Waals surface area contributed by atoms with Gasteiger partial charge in [0, 0.05) is 24.3 Å². The van der Waals surface area contributed by atoms with E-state index in [1.165, 1.54) is 6.07 Å². The first-order valence-electron chi connectivity index (χ1n) is 6.20. The Bertz CT molecular complexity index is 514. The van der Waals surface area contributed by atoms with E-state index in [0.717, 1.165) is 12.2 Å². The first-order chi connectivity index (χ1) is 9.29. The third-order valence-electron chi connectivity index (χ3n) is 2.68. The largest absolute Gasteiger partial charge is 0.489 e. The van der Waals surface area contributed by atoms with Crippen molar-refractivity contribution in [3.63, 3.8) is 0 Å². The van der Waals surface area contributed by atoms with Crippen LogP contribution in [0.25, 0.3) is 0 Å². The number of nitrogens with one attached hydrogen (secondary N) is 1. The number of hydrogen-bond acceptors (Lipinski definition) is 3. The fourth-order valence-electron chi connectivity index (χ4n) is 1.66. The van der Waals surface area contributed by atoms with Crippen LogP contribution >= 0.6 is 0 Å². The topological polar surface area (TPSA) is 47.3 Å². The molecule has 2 aromatic carbocycles.